The molecular weight excluding hydrogens is 265 g/mol. The Kier molecular flexibility index (Phi) is 3.97. The van der Waals surface area contributed by atoms with Crippen LogP contribution < -0.4 is 5.32 Å². The quantitative estimate of drug-likeness (QED) is 0.778. The van der Waals surface area contributed by atoms with Gasteiger partial charge in [0.2, 0.25) is 0 Å². The lowest BCUT2D eigenvalue weighted by Gasteiger charge is -2.04. The molecule has 4 heteroatoms. The molecule has 108 valence electrons. The van der Waals surface area contributed by atoms with Crippen molar-refractivity contribution in [3.63, 3.8) is 0 Å². The number of nitrogens with one attached hydrogen (secondary N) is 1. The fourth-order valence-corrected chi connectivity index (χ4v) is 2.55. The number of pyridine rings is 1. The largest absolute Gasteiger partial charge is 0.328 e. The van der Waals surface area contributed by atoms with E-state index >= 15 is 0 Å². The number of rotatable bonds is 5. The van der Waals surface area contributed by atoms with E-state index in [0.29, 0.717) is 6.54 Å². The van der Waals surface area contributed by atoms with E-state index in [2.05, 4.69) is 34.1 Å². The molecule has 0 bridgehead atoms. The predicted molar refractivity (Wildman–Crippen MR) is 82.6 cm³/mol. The highest BCUT2D eigenvalue weighted by molar-refractivity contribution is 5.80. The zero-order valence-electron chi connectivity index (χ0n) is 12.0. The maximum Gasteiger partial charge on any atom is 0.140 e. The van der Waals surface area contributed by atoms with Crippen LogP contribution in [0.15, 0.2) is 48.8 Å². The summed E-state index contributed by atoms with van der Waals surface area (Å²) in [5.74, 6) is -0.204. The first kappa shape index (κ1) is 13.8. The van der Waals surface area contributed by atoms with Crippen LogP contribution in [-0.4, -0.2) is 16.1 Å². The summed E-state index contributed by atoms with van der Waals surface area (Å²) in [6, 6.07) is 10.7. The van der Waals surface area contributed by atoms with Crippen molar-refractivity contribution in [3.05, 3.63) is 65.7 Å². The molecule has 1 aromatic carbocycles. The summed E-state index contributed by atoms with van der Waals surface area (Å²) in [7, 11) is 0. The van der Waals surface area contributed by atoms with Gasteiger partial charge in [0, 0.05) is 30.9 Å². The summed E-state index contributed by atoms with van der Waals surface area (Å²) in [4.78, 5) is 4.47. The molecule has 3 aromatic rings. The Labute approximate surface area is 123 Å². The van der Waals surface area contributed by atoms with Crippen molar-refractivity contribution in [1.82, 2.24) is 14.9 Å². The number of benzene rings is 1. The molecule has 0 aliphatic carbocycles. The van der Waals surface area contributed by atoms with Crippen molar-refractivity contribution in [3.8, 4) is 0 Å². The fraction of sp³-hybridized carbons (Fsp3) is 0.235. The summed E-state index contributed by atoms with van der Waals surface area (Å²) < 4.78 is 15.4. The minimum Gasteiger partial charge on any atom is -0.328 e. The zero-order chi connectivity index (χ0) is 14.7. The van der Waals surface area contributed by atoms with Crippen LogP contribution in [-0.2, 0) is 13.1 Å². The average Bonchev–Trinajstić information content (AvgIpc) is 2.84. The predicted octanol–water partition coefficient (Wildman–Crippen LogP) is 3.33. The number of hydrogen-bond donors (Lipinski definition) is 1. The Hall–Kier alpha value is -2.20. The Balaban J connectivity index is 1.98. The standard InChI is InChI=1S/C17H18FN3/c1-2-19-10-14-12-21(17-16(14)7-4-8-20-17)11-13-5-3-6-15(18)9-13/h3-9,12,19H,2,10-11H2,1H3. The lowest BCUT2D eigenvalue weighted by molar-refractivity contribution is 0.624. The smallest absolute Gasteiger partial charge is 0.140 e. The highest BCUT2D eigenvalue weighted by atomic mass is 19.1. The highest BCUT2D eigenvalue weighted by Crippen LogP contribution is 2.20. The van der Waals surface area contributed by atoms with Gasteiger partial charge in [0.15, 0.2) is 0 Å². The normalized spacial score (nSPS) is 11.1. The van der Waals surface area contributed by atoms with Crippen LogP contribution in [0.4, 0.5) is 4.39 Å². The van der Waals surface area contributed by atoms with Crippen LogP contribution in [0.25, 0.3) is 11.0 Å². The molecule has 0 radical (unpaired) electrons. The molecule has 0 amide bonds. The van der Waals surface area contributed by atoms with Gasteiger partial charge in [0.25, 0.3) is 0 Å². The molecule has 1 N–H and O–H groups in total. The molecular formula is C17H18FN3. The van der Waals surface area contributed by atoms with E-state index in [9.17, 15) is 4.39 Å². The van der Waals surface area contributed by atoms with Crippen molar-refractivity contribution in [2.75, 3.05) is 6.54 Å². The van der Waals surface area contributed by atoms with E-state index in [1.54, 1.807) is 18.3 Å². The van der Waals surface area contributed by atoms with Crippen LogP contribution in [0.3, 0.4) is 0 Å². The van der Waals surface area contributed by atoms with E-state index in [1.807, 2.05) is 12.1 Å². The molecule has 0 fully saturated rings. The van der Waals surface area contributed by atoms with Crippen molar-refractivity contribution in [2.45, 2.75) is 20.0 Å². The van der Waals surface area contributed by atoms with Crippen LogP contribution in [0.1, 0.15) is 18.1 Å². The van der Waals surface area contributed by atoms with Gasteiger partial charge in [0.1, 0.15) is 11.5 Å². The van der Waals surface area contributed by atoms with Crippen LogP contribution >= 0.6 is 0 Å². The van der Waals surface area contributed by atoms with Crippen molar-refractivity contribution in [1.29, 1.82) is 0 Å². The van der Waals surface area contributed by atoms with Crippen molar-refractivity contribution in [2.24, 2.45) is 0 Å². The third-order valence-corrected chi connectivity index (χ3v) is 3.52. The summed E-state index contributed by atoms with van der Waals surface area (Å²) in [6.07, 6.45) is 3.90. The molecule has 0 saturated heterocycles. The summed E-state index contributed by atoms with van der Waals surface area (Å²) in [6.45, 7) is 4.45. The van der Waals surface area contributed by atoms with E-state index < -0.39 is 0 Å². The zero-order valence-corrected chi connectivity index (χ0v) is 12.0. The van der Waals surface area contributed by atoms with Gasteiger partial charge in [-0.15, -0.1) is 0 Å². The van der Waals surface area contributed by atoms with Gasteiger partial charge in [0.05, 0.1) is 0 Å². The average molecular weight is 283 g/mol. The van der Waals surface area contributed by atoms with Crippen LogP contribution in [0, 0.1) is 5.82 Å². The van der Waals surface area contributed by atoms with Gasteiger partial charge >= 0.3 is 0 Å². The summed E-state index contributed by atoms with van der Waals surface area (Å²) in [5, 5.41) is 4.49. The molecule has 2 heterocycles. The first-order chi connectivity index (χ1) is 10.3. The molecule has 21 heavy (non-hydrogen) atoms. The first-order valence-corrected chi connectivity index (χ1v) is 7.16. The molecule has 3 nitrogen and oxygen atoms in total. The number of nitrogens with zero attached hydrogens (tertiary/aromatic N) is 2. The first-order valence-electron chi connectivity index (χ1n) is 7.16. The fourth-order valence-electron chi connectivity index (χ4n) is 2.55. The summed E-state index contributed by atoms with van der Waals surface area (Å²) >= 11 is 0. The van der Waals surface area contributed by atoms with Gasteiger partial charge in [-0.2, -0.15) is 0 Å². The number of halogens is 1. The maximum absolute atomic E-state index is 13.3. The Morgan fingerprint density at radius 3 is 2.95 bits per heavy atom. The van der Waals surface area contributed by atoms with Gasteiger partial charge in [-0.3, -0.25) is 0 Å². The number of hydrogen-bond acceptors (Lipinski definition) is 2. The minimum atomic E-state index is -0.204. The maximum atomic E-state index is 13.3. The second kappa shape index (κ2) is 6.06. The second-order valence-corrected chi connectivity index (χ2v) is 5.07. The van der Waals surface area contributed by atoms with E-state index in [1.165, 1.54) is 11.6 Å². The molecule has 0 unspecified atom stereocenters. The topological polar surface area (TPSA) is 29.9 Å². The Morgan fingerprint density at radius 1 is 1.24 bits per heavy atom. The van der Waals surface area contributed by atoms with E-state index in [0.717, 1.165) is 29.7 Å². The molecule has 3 rings (SSSR count). The molecule has 0 aliphatic rings. The highest BCUT2D eigenvalue weighted by Gasteiger charge is 2.09. The monoisotopic (exact) mass is 283 g/mol. The van der Waals surface area contributed by atoms with Crippen LogP contribution in [0.2, 0.25) is 0 Å². The molecule has 0 saturated carbocycles. The second-order valence-electron chi connectivity index (χ2n) is 5.07. The third-order valence-electron chi connectivity index (χ3n) is 3.52. The molecule has 2 aromatic heterocycles. The lowest BCUT2D eigenvalue weighted by Crippen LogP contribution is -2.11. The van der Waals surface area contributed by atoms with Crippen molar-refractivity contribution < 1.29 is 4.39 Å². The van der Waals surface area contributed by atoms with E-state index in [-0.39, 0.29) is 5.82 Å². The lowest BCUT2D eigenvalue weighted by atomic mass is 10.2. The summed E-state index contributed by atoms with van der Waals surface area (Å²) in [5.41, 5.74) is 3.10. The number of aromatic nitrogens is 2. The van der Waals surface area contributed by atoms with Gasteiger partial charge in [-0.1, -0.05) is 19.1 Å². The Morgan fingerprint density at radius 2 is 2.14 bits per heavy atom. The Bertz CT molecular complexity index is 749. The molecule has 0 aliphatic heterocycles. The SMILES string of the molecule is CCNCc1cn(Cc2cccc(F)c2)c2ncccc12. The van der Waals surface area contributed by atoms with E-state index in [4.69, 9.17) is 0 Å². The van der Waals surface area contributed by atoms with Crippen LogP contribution in [0.5, 0.6) is 0 Å². The van der Waals surface area contributed by atoms with Gasteiger partial charge in [-0.05, 0) is 41.9 Å². The van der Waals surface area contributed by atoms with Gasteiger partial charge < -0.3 is 9.88 Å². The van der Waals surface area contributed by atoms with Gasteiger partial charge in [-0.25, -0.2) is 9.37 Å². The number of fused-ring (bicyclic) bond motifs is 1. The molecule has 0 atom stereocenters. The van der Waals surface area contributed by atoms with Crippen molar-refractivity contribution >= 4 is 11.0 Å². The molecule has 0 spiro atoms. The third kappa shape index (κ3) is 2.95. The minimum absolute atomic E-state index is 0.204.